The van der Waals surface area contributed by atoms with E-state index in [-0.39, 0.29) is 6.61 Å². The van der Waals surface area contributed by atoms with Gasteiger partial charge >= 0.3 is 11.9 Å². The third kappa shape index (κ3) is 4.12. The SMILES string of the molecule is Cc1ccc(COC(=O)/C=C\C(=O)O)o1. The van der Waals surface area contributed by atoms with Gasteiger partial charge in [-0.25, -0.2) is 9.59 Å². The van der Waals surface area contributed by atoms with Crippen LogP contribution in [0.3, 0.4) is 0 Å². The number of carboxylic acid groups (broad SMARTS) is 1. The van der Waals surface area contributed by atoms with Gasteiger partial charge in [-0.1, -0.05) is 0 Å². The zero-order valence-corrected chi connectivity index (χ0v) is 8.10. The van der Waals surface area contributed by atoms with E-state index in [2.05, 4.69) is 0 Å². The maximum Gasteiger partial charge on any atom is 0.331 e. The van der Waals surface area contributed by atoms with Crippen molar-refractivity contribution >= 4 is 11.9 Å². The third-order valence-corrected chi connectivity index (χ3v) is 1.51. The molecule has 0 radical (unpaired) electrons. The van der Waals surface area contributed by atoms with E-state index >= 15 is 0 Å². The first-order valence-corrected chi connectivity index (χ1v) is 4.21. The van der Waals surface area contributed by atoms with Gasteiger partial charge in [0.25, 0.3) is 0 Å². The van der Waals surface area contributed by atoms with E-state index in [1.807, 2.05) is 0 Å². The topological polar surface area (TPSA) is 76.7 Å². The molecule has 0 unspecified atom stereocenters. The lowest BCUT2D eigenvalue weighted by molar-refractivity contribution is -0.140. The molecule has 5 nitrogen and oxygen atoms in total. The molecule has 0 saturated carbocycles. The summed E-state index contributed by atoms with van der Waals surface area (Å²) in [5.41, 5.74) is 0. The number of carbonyl (C=O) groups excluding carboxylic acids is 1. The van der Waals surface area contributed by atoms with Crippen LogP contribution in [0.1, 0.15) is 11.5 Å². The number of furan rings is 1. The highest BCUT2D eigenvalue weighted by atomic mass is 16.5. The molecule has 5 heteroatoms. The van der Waals surface area contributed by atoms with Gasteiger partial charge in [0, 0.05) is 12.2 Å². The van der Waals surface area contributed by atoms with Crippen molar-refractivity contribution in [2.75, 3.05) is 0 Å². The molecule has 0 aliphatic heterocycles. The van der Waals surface area contributed by atoms with Crippen molar-refractivity contribution in [3.63, 3.8) is 0 Å². The molecular formula is C10H10O5. The molecule has 0 aliphatic rings. The van der Waals surface area contributed by atoms with E-state index in [1.54, 1.807) is 19.1 Å². The number of carboxylic acids is 1. The standard InChI is InChI=1S/C10H10O5/c1-7-2-3-8(15-7)6-14-10(13)5-4-9(11)12/h2-5H,6H2,1H3,(H,11,12)/b5-4-. The first kappa shape index (κ1) is 11.0. The van der Waals surface area contributed by atoms with E-state index in [0.29, 0.717) is 5.76 Å². The van der Waals surface area contributed by atoms with Gasteiger partial charge in [-0.15, -0.1) is 0 Å². The van der Waals surface area contributed by atoms with Crippen LogP contribution >= 0.6 is 0 Å². The fraction of sp³-hybridized carbons (Fsp3) is 0.200. The van der Waals surface area contributed by atoms with Crippen molar-refractivity contribution in [3.05, 3.63) is 35.8 Å². The first-order valence-electron chi connectivity index (χ1n) is 4.21. The number of hydrogen-bond acceptors (Lipinski definition) is 4. The normalized spacial score (nSPS) is 10.5. The summed E-state index contributed by atoms with van der Waals surface area (Å²) >= 11 is 0. The molecule has 80 valence electrons. The highest BCUT2D eigenvalue weighted by molar-refractivity contribution is 5.90. The Morgan fingerprint density at radius 2 is 2.20 bits per heavy atom. The van der Waals surface area contributed by atoms with Gasteiger partial charge in [-0.2, -0.15) is 0 Å². The lowest BCUT2D eigenvalue weighted by Gasteiger charge is -1.97. The highest BCUT2D eigenvalue weighted by Crippen LogP contribution is 2.07. The van der Waals surface area contributed by atoms with Crippen molar-refractivity contribution in [2.24, 2.45) is 0 Å². The Kier molecular flexibility index (Phi) is 3.68. The van der Waals surface area contributed by atoms with Crippen LogP contribution in [0.2, 0.25) is 0 Å². The summed E-state index contributed by atoms with van der Waals surface area (Å²) in [6.07, 6.45) is 1.56. The van der Waals surface area contributed by atoms with E-state index in [1.165, 1.54) is 0 Å². The van der Waals surface area contributed by atoms with Crippen LogP contribution in [0, 0.1) is 6.92 Å². The molecule has 0 aromatic carbocycles. The molecule has 0 saturated heterocycles. The molecule has 1 aromatic rings. The summed E-state index contributed by atoms with van der Waals surface area (Å²) in [6.45, 7) is 1.77. The fourth-order valence-electron chi connectivity index (χ4n) is 0.892. The summed E-state index contributed by atoms with van der Waals surface area (Å²) in [4.78, 5) is 21.0. The minimum atomic E-state index is -1.19. The molecule has 0 amide bonds. The molecule has 0 atom stereocenters. The van der Waals surface area contributed by atoms with E-state index in [4.69, 9.17) is 14.3 Å². The molecule has 15 heavy (non-hydrogen) atoms. The number of rotatable bonds is 4. The largest absolute Gasteiger partial charge is 0.478 e. The number of ether oxygens (including phenoxy) is 1. The predicted molar refractivity (Wildman–Crippen MR) is 50.0 cm³/mol. The minimum absolute atomic E-state index is 0.00334. The molecule has 0 bridgehead atoms. The number of aliphatic carboxylic acids is 1. The molecular weight excluding hydrogens is 200 g/mol. The maximum absolute atomic E-state index is 10.9. The quantitative estimate of drug-likeness (QED) is 0.598. The fourth-order valence-corrected chi connectivity index (χ4v) is 0.892. The van der Waals surface area contributed by atoms with Gasteiger partial charge < -0.3 is 14.3 Å². The minimum Gasteiger partial charge on any atom is -0.478 e. The molecule has 1 aromatic heterocycles. The number of carbonyl (C=O) groups is 2. The van der Waals surface area contributed by atoms with Crippen LogP contribution < -0.4 is 0 Å². The predicted octanol–water partition coefficient (Wildman–Crippen LogP) is 1.27. The zero-order chi connectivity index (χ0) is 11.3. The Morgan fingerprint density at radius 3 is 2.73 bits per heavy atom. The Balaban J connectivity index is 2.37. The van der Waals surface area contributed by atoms with Crippen LogP contribution in [0.4, 0.5) is 0 Å². The summed E-state index contributed by atoms with van der Waals surface area (Å²) in [5.74, 6) is -0.668. The second-order valence-electron chi connectivity index (χ2n) is 2.79. The lowest BCUT2D eigenvalue weighted by Crippen LogP contribution is -2.01. The van der Waals surface area contributed by atoms with Crippen molar-refractivity contribution in [3.8, 4) is 0 Å². The van der Waals surface area contributed by atoms with Crippen molar-refractivity contribution < 1.29 is 23.8 Å². The van der Waals surface area contributed by atoms with Gasteiger partial charge in [0.15, 0.2) is 0 Å². The Labute approximate surface area is 86.0 Å². The smallest absolute Gasteiger partial charge is 0.331 e. The third-order valence-electron chi connectivity index (χ3n) is 1.51. The average Bonchev–Trinajstić information content (AvgIpc) is 2.58. The summed E-state index contributed by atoms with van der Waals surface area (Å²) < 4.78 is 9.85. The van der Waals surface area contributed by atoms with Crippen LogP contribution in [-0.2, 0) is 20.9 Å². The van der Waals surface area contributed by atoms with Gasteiger partial charge in [0.1, 0.15) is 18.1 Å². The Bertz CT molecular complexity index is 388. The first-order chi connectivity index (χ1) is 7.08. The molecule has 0 fully saturated rings. The van der Waals surface area contributed by atoms with Gasteiger partial charge in [0.05, 0.1) is 0 Å². The van der Waals surface area contributed by atoms with E-state index in [9.17, 15) is 9.59 Å². The van der Waals surface area contributed by atoms with Crippen LogP contribution in [-0.4, -0.2) is 17.0 Å². The monoisotopic (exact) mass is 210 g/mol. The van der Waals surface area contributed by atoms with Gasteiger partial charge in [0.2, 0.25) is 0 Å². The van der Waals surface area contributed by atoms with Crippen LogP contribution in [0.15, 0.2) is 28.7 Å². The number of hydrogen-bond donors (Lipinski definition) is 1. The van der Waals surface area contributed by atoms with E-state index < -0.39 is 11.9 Å². The number of aryl methyl sites for hydroxylation is 1. The van der Waals surface area contributed by atoms with Crippen LogP contribution in [0.25, 0.3) is 0 Å². The molecule has 0 spiro atoms. The van der Waals surface area contributed by atoms with Crippen molar-refractivity contribution in [2.45, 2.75) is 13.5 Å². The molecule has 1 N–H and O–H groups in total. The van der Waals surface area contributed by atoms with Gasteiger partial charge in [-0.05, 0) is 19.1 Å². The van der Waals surface area contributed by atoms with Crippen molar-refractivity contribution in [1.29, 1.82) is 0 Å². The summed E-state index contributed by atoms with van der Waals surface area (Å²) in [7, 11) is 0. The van der Waals surface area contributed by atoms with Crippen molar-refractivity contribution in [1.82, 2.24) is 0 Å². The lowest BCUT2D eigenvalue weighted by atomic mass is 10.4. The molecule has 1 heterocycles. The second-order valence-corrected chi connectivity index (χ2v) is 2.79. The summed E-state index contributed by atoms with van der Waals surface area (Å²) in [6, 6.07) is 3.43. The second kappa shape index (κ2) is 4.99. The van der Waals surface area contributed by atoms with Gasteiger partial charge in [-0.3, -0.25) is 0 Å². The summed E-state index contributed by atoms with van der Waals surface area (Å²) in [5, 5.41) is 8.24. The average molecular weight is 210 g/mol. The molecule has 0 aliphatic carbocycles. The zero-order valence-electron chi connectivity index (χ0n) is 8.10. The van der Waals surface area contributed by atoms with Crippen LogP contribution in [0.5, 0.6) is 0 Å². The number of esters is 1. The van der Waals surface area contributed by atoms with E-state index in [0.717, 1.165) is 17.9 Å². The highest BCUT2D eigenvalue weighted by Gasteiger charge is 2.02. The maximum atomic E-state index is 10.9. The Morgan fingerprint density at radius 1 is 1.47 bits per heavy atom. The Hall–Kier alpha value is -2.04. The molecule has 1 rings (SSSR count).